The summed E-state index contributed by atoms with van der Waals surface area (Å²) in [5.74, 6) is -0.438. The average Bonchev–Trinajstić information content (AvgIpc) is 3.14. The Morgan fingerprint density at radius 3 is 2.62 bits per heavy atom. The van der Waals surface area contributed by atoms with Crippen LogP contribution in [0.25, 0.3) is 16.3 Å². The van der Waals surface area contributed by atoms with Crippen molar-refractivity contribution in [2.45, 2.75) is 9.96 Å². The van der Waals surface area contributed by atoms with Crippen LogP contribution in [-0.2, 0) is 4.79 Å². The molecule has 0 fully saturated rings. The van der Waals surface area contributed by atoms with E-state index < -0.39 is 15.9 Å². The molecule has 0 aliphatic heterocycles. The van der Waals surface area contributed by atoms with Crippen LogP contribution in [0.2, 0.25) is 0 Å². The van der Waals surface area contributed by atoms with Gasteiger partial charge in [-0.2, -0.15) is 0 Å². The lowest BCUT2D eigenvalue weighted by Crippen LogP contribution is -2.55. The first kappa shape index (κ1) is 21.8. The molecule has 1 atom stereocenters. The van der Waals surface area contributed by atoms with Crippen molar-refractivity contribution >= 4 is 91.4 Å². The molecule has 2 aromatic carbocycles. The largest absolute Gasteiger partial charge is 0.339 e. The maximum Gasteiger partial charge on any atom is 0.245 e. The highest BCUT2D eigenvalue weighted by Crippen LogP contribution is 2.29. The molecular weight excluding hydrogens is 471 g/mol. The zero-order valence-electron chi connectivity index (χ0n) is 14.7. The van der Waals surface area contributed by atoms with Crippen LogP contribution >= 0.6 is 58.4 Å². The molecule has 0 aliphatic rings. The molecule has 0 saturated heterocycles. The Labute approximate surface area is 192 Å². The van der Waals surface area contributed by atoms with Gasteiger partial charge in [0.15, 0.2) is 5.11 Å². The van der Waals surface area contributed by atoms with E-state index in [1.165, 1.54) is 17.4 Å². The maximum absolute atomic E-state index is 12.2. The molecule has 1 unspecified atom stereocenters. The standard InChI is InChI=1S/C19H15Cl3N4OS2/c20-19(21,22)17(25-16(27)9-6-12-4-2-1-3-5-12)26-18(28)24-13-7-8-14-15(10-13)29-11-23-14/h1-11,17H,(H,25,27)(H2,24,26,28). The number of anilines is 1. The Bertz CT molecular complexity index is 1030. The molecule has 0 saturated carbocycles. The summed E-state index contributed by atoms with van der Waals surface area (Å²) in [6.45, 7) is 0. The lowest BCUT2D eigenvalue weighted by atomic mass is 10.2. The summed E-state index contributed by atoms with van der Waals surface area (Å²) in [6.07, 6.45) is 1.97. The molecule has 150 valence electrons. The molecule has 0 radical (unpaired) electrons. The Kier molecular flexibility index (Phi) is 7.32. The molecule has 3 aromatic rings. The molecule has 1 heterocycles. The predicted octanol–water partition coefficient (Wildman–Crippen LogP) is 5.11. The number of rotatable bonds is 5. The van der Waals surface area contributed by atoms with Crippen LogP contribution in [0.15, 0.2) is 60.1 Å². The molecule has 5 nitrogen and oxygen atoms in total. The number of thiazole rings is 1. The number of thiocarbonyl (C=S) groups is 1. The quantitative estimate of drug-likeness (QED) is 0.203. The number of alkyl halides is 3. The Morgan fingerprint density at radius 2 is 1.90 bits per heavy atom. The third kappa shape index (κ3) is 6.55. The molecule has 0 bridgehead atoms. The van der Waals surface area contributed by atoms with Gasteiger partial charge in [-0.25, -0.2) is 4.98 Å². The van der Waals surface area contributed by atoms with Gasteiger partial charge >= 0.3 is 0 Å². The Hall–Kier alpha value is -1.90. The smallest absolute Gasteiger partial charge is 0.245 e. The Balaban J connectivity index is 1.62. The van der Waals surface area contributed by atoms with Crippen molar-refractivity contribution in [2.24, 2.45) is 0 Å². The summed E-state index contributed by atoms with van der Waals surface area (Å²) in [5, 5.41) is 8.63. The lowest BCUT2D eigenvalue weighted by Gasteiger charge is -2.27. The third-order valence-electron chi connectivity index (χ3n) is 3.71. The van der Waals surface area contributed by atoms with E-state index in [4.69, 9.17) is 47.0 Å². The molecule has 3 N–H and O–H groups in total. The van der Waals surface area contributed by atoms with Crippen LogP contribution < -0.4 is 16.0 Å². The monoisotopic (exact) mass is 484 g/mol. The molecule has 10 heteroatoms. The summed E-state index contributed by atoms with van der Waals surface area (Å²) in [7, 11) is 0. The Morgan fingerprint density at radius 1 is 1.14 bits per heavy atom. The minimum absolute atomic E-state index is 0.192. The van der Waals surface area contributed by atoms with Crippen LogP contribution in [0.5, 0.6) is 0 Å². The van der Waals surface area contributed by atoms with E-state index in [0.717, 1.165) is 21.5 Å². The molecule has 29 heavy (non-hydrogen) atoms. The second-order valence-corrected chi connectivity index (χ2v) is 9.52. The first-order valence-corrected chi connectivity index (χ1v) is 10.7. The number of carbonyl (C=O) groups excluding carboxylic acids is 1. The van der Waals surface area contributed by atoms with Gasteiger partial charge in [-0.05, 0) is 42.1 Å². The second-order valence-electron chi connectivity index (χ2n) is 5.86. The van der Waals surface area contributed by atoms with Crippen LogP contribution in [0.1, 0.15) is 5.56 Å². The van der Waals surface area contributed by atoms with Crippen molar-refractivity contribution in [2.75, 3.05) is 5.32 Å². The van der Waals surface area contributed by atoms with Gasteiger partial charge in [0.05, 0.1) is 15.7 Å². The minimum Gasteiger partial charge on any atom is -0.339 e. The second kappa shape index (κ2) is 9.73. The van der Waals surface area contributed by atoms with Crippen LogP contribution in [0.4, 0.5) is 5.69 Å². The van der Waals surface area contributed by atoms with E-state index in [-0.39, 0.29) is 5.11 Å². The van der Waals surface area contributed by atoms with Gasteiger partial charge in [-0.3, -0.25) is 4.79 Å². The fraction of sp³-hybridized carbons (Fsp3) is 0.105. The molecule has 3 rings (SSSR count). The number of fused-ring (bicyclic) bond motifs is 1. The van der Waals surface area contributed by atoms with Crippen molar-refractivity contribution < 1.29 is 4.79 Å². The van der Waals surface area contributed by atoms with Crippen molar-refractivity contribution in [1.29, 1.82) is 0 Å². The predicted molar refractivity (Wildman–Crippen MR) is 127 cm³/mol. The zero-order valence-corrected chi connectivity index (χ0v) is 18.6. The molecule has 0 spiro atoms. The first-order valence-electron chi connectivity index (χ1n) is 8.32. The minimum atomic E-state index is -1.83. The number of hydrogen-bond acceptors (Lipinski definition) is 4. The van der Waals surface area contributed by atoms with Gasteiger partial charge in [0.1, 0.15) is 6.17 Å². The van der Waals surface area contributed by atoms with Crippen LogP contribution in [0.3, 0.4) is 0 Å². The van der Waals surface area contributed by atoms with Crippen molar-refractivity contribution in [3.8, 4) is 0 Å². The van der Waals surface area contributed by atoms with Crippen molar-refractivity contribution in [1.82, 2.24) is 15.6 Å². The number of amides is 1. The van der Waals surface area contributed by atoms with Gasteiger partial charge in [-0.15, -0.1) is 11.3 Å². The normalized spacial score (nSPS) is 12.7. The van der Waals surface area contributed by atoms with Crippen LogP contribution in [-0.4, -0.2) is 26.0 Å². The van der Waals surface area contributed by atoms with E-state index in [1.54, 1.807) is 11.6 Å². The van der Waals surface area contributed by atoms with Gasteiger partial charge in [0.25, 0.3) is 0 Å². The van der Waals surface area contributed by atoms with E-state index in [1.807, 2.05) is 48.5 Å². The van der Waals surface area contributed by atoms with Gasteiger partial charge in [0.2, 0.25) is 9.70 Å². The van der Waals surface area contributed by atoms with Crippen molar-refractivity contribution in [3.63, 3.8) is 0 Å². The summed E-state index contributed by atoms with van der Waals surface area (Å²) in [6, 6.07) is 15.0. The van der Waals surface area contributed by atoms with Crippen molar-refractivity contribution in [3.05, 3.63) is 65.7 Å². The number of carbonyl (C=O) groups is 1. The van der Waals surface area contributed by atoms with E-state index in [0.29, 0.717) is 0 Å². The SMILES string of the molecule is O=C(C=Cc1ccccc1)NC(NC(=S)Nc1ccc2ncsc2c1)C(Cl)(Cl)Cl. The van der Waals surface area contributed by atoms with E-state index in [9.17, 15) is 4.79 Å². The highest BCUT2D eigenvalue weighted by atomic mass is 35.6. The molecule has 1 aromatic heterocycles. The zero-order chi connectivity index (χ0) is 20.9. The van der Waals surface area contributed by atoms with E-state index in [2.05, 4.69) is 20.9 Å². The number of halogens is 3. The van der Waals surface area contributed by atoms with E-state index >= 15 is 0 Å². The number of nitrogens with zero attached hydrogens (tertiary/aromatic N) is 1. The number of nitrogens with one attached hydrogen (secondary N) is 3. The first-order chi connectivity index (χ1) is 13.8. The number of aromatic nitrogens is 1. The molecule has 1 amide bonds. The van der Waals surface area contributed by atoms with Crippen LogP contribution in [0, 0.1) is 0 Å². The van der Waals surface area contributed by atoms with Gasteiger partial charge in [0, 0.05) is 11.8 Å². The average molecular weight is 486 g/mol. The maximum atomic E-state index is 12.2. The van der Waals surface area contributed by atoms with Gasteiger partial charge in [-0.1, -0.05) is 65.1 Å². The molecule has 0 aliphatic carbocycles. The topological polar surface area (TPSA) is 66.1 Å². The molecular formula is C19H15Cl3N4OS2. The highest BCUT2D eigenvalue weighted by molar-refractivity contribution is 7.80. The van der Waals surface area contributed by atoms with Gasteiger partial charge < -0.3 is 16.0 Å². The fourth-order valence-electron chi connectivity index (χ4n) is 2.36. The summed E-state index contributed by atoms with van der Waals surface area (Å²) in [4.78, 5) is 16.5. The lowest BCUT2D eigenvalue weighted by molar-refractivity contribution is -0.117. The number of hydrogen-bond donors (Lipinski definition) is 3. The summed E-state index contributed by atoms with van der Waals surface area (Å²) in [5.41, 5.74) is 4.29. The summed E-state index contributed by atoms with van der Waals surface area (Å²) >= 11 is 24.8. The number of benzene rings is 2. The third-order valence-corrected chi connectivity index (χ3v) is 5.37. The highest BCUT2D eigenvalue weighted by Gasteiger charge is 2.34. The fourth-order valence-corrected chi connectivity index (χ4v) is 3.64. The summed E-state index contributed by atoms with van der Waals surface area (Å²) < 4.78 is -0.820.